The molecule has 0 radical (unpaired) electrons. The quantitative estimate of drug-likeness (QED) is 0.699. The van der Waals surface area contributed by atoms with Crippen molar-refractivity contribution in [3.05, 3.63) is 35.6 Å². The topological polar surface area (TPSA) is 66.4 Å². The van der Waals surface area contributed by atoms with Crippen molar-refractivity contribution in [2.45, 2.75) is 12.5 Å². The minimum absolute atomic E-state index is 0.0613. The molecule has 1 atom stereocenters. The number of carboxylic acids is 1. The SMILES string of the molecule is O=CNC(Cc1cccc(F)c1)C(=O)O. The normalized spacial score (nSPS) is 11.8. The number of nitrogens with one attached hydrogen (secondary N) is 1. The zero-order chi connectivity index (χ0) is 11.3. The van der Waals surface area contributed by atoms with Gasteiger partial charge in [-0.25, -0.2) is 9.18 Å². The Kier molecular flexibility index (Phi) is 3.79. The number of halogens is 1. The zero-order valence-corrected chi connectivity index (χ0v) is 7.81. The van der Waals surface area contributed by atoms with Gasteiger partial charge in [0.2, 0.25) is 6.41 Å². The average Bonchev–Trinajstić information content (AvgIpc) is 2.17. The van der Waals surface area contributed by atoms with E-state index in [1.165, 1.54) is 18.2 Å². The summed E-state index contributed by atoms with van der Waals surface area (Å²) >= 11 is 0. The van der Waals surface area contributed by atoms with Crippen LogP contribution in [0.4, 0.5) is 4.39 Å². The number of carbonyl (C=O) groups is 2. The number of hydrogen-bond donors (Lipinski definition) is 2. The Morgan fingerprint density at radius 1 is 1.60 bits per heavy atom. The Bertz CT molecular complexity index is 367. The van der Waals surface area contributed by atoms with Gasteiger partial charge in [0.25, 0.3) is 0 Å². The Hall–Kier alpha value is -1.91. The molecule has 0 saturated carbocycles. The van der Waals surface area contributed by atoms with Crippen LogP contribution in [-0.4, -0.2) is 23.5 Å². The second-order valence-corrected chi connectivity index (χ2v) is 3.01. The highest BCUT2D eigenvalue weighted by Gasteiger charge is 2.16. The maximum absolute atomic E-state index is 12.8. The molecule has 4 nitrogen and oxygen atoms in total. The van der Waals surface area contributed by atoms with E-state index in [1.807, 2.05) is 0 Å². The molecule has 1 aromatic rings. The third kappa shape index (κ3) is 3.38. The van der Waals surface area contributed by atoms with Gasteiger partial charge in [-0.1, -0.05) is 12.1 Å². The monoisotopic (exact) mass is 211 g/mol. The summed E-state index contributed by atoms with van der Waals surface area (Å²) in [7, 11) is 0. The molecule has 1 aromatic carbocycles. The van der Waals surface area contributed by atoms with E-state index < -0.39 is 17.8 Å². The second kappa shape index (κ2) is 5.09. The molecule has 1 amide bonds. The van der Waals surface area contributed by atoms with E-state index in [4.69, 9.17) is 5.11 Å². The van der Waals surface area contributed by atoms with Gasteiger partial charge >= 0.3 is 5.97 Å². The van der Waals surface area contributed by atoms with Crippen LogP contribution in [0.2, 0.25) is 0 Å². The van der Waals surface area contributed by atoms with Crippen LogP contribution in [0.15, 0.2) is 24.3 Å². The molecule has 0 aliphatic rings. The summed E-state index contributed by atoms with van der Waals surface area (Å²) < 4.78 is 12.8. The first kappa shape index (κ1) is 11.2. The molecule has 5 heteroatoms. The van der Waals surface area contributed by atoms with Crippen LogP contribution in [0, 0.1) is 5.82 Å². The van der Waals surface area contributed by atoms with Crippen molar-refractivity contribution in [3.63, 3.8) is 0 Å². The first-order chi connectivity index (χ1) is 7.13. The highest BCUT2D eigenvalue weighted by Crippen LogP contribution is 2.06. The fourth-order valence-electron chi connectivity index (χ4n) is 1.20. The minimum atomic E-state index is -1.15. The summed E-state index contributed by atoms with van der Waals surface area (Å²) in [6.45, 7) is 0. The van der Waals surface area contributed by atoms with Crippen LogP contribution in [0.25, 0.3) is 0 Å². The van der Waals surface area contributed by atoms with Crippen LogP contribution in [0.5, 0.6) is 0 Å². The van der Waals surface area contributed by atoms with Crippen molar-refractivity contribution >= 4 is 12.4 Å². The third-order valence-electron chi connectivity index (χ3n) is 1.90. The third-order valence-corrected chi connectivity index (χ3v) is 1.90. The molecule has 0 saturated heterocycles. The van der Waals surface area contributed by atoms with E-state index in [1.54, 1.807) is 6.07 Å². The Morgan fingerprint density at radius 3 is 2.87 bits per heavy atom. The number of hydrogen-bond acceptors (Lipinski definition) is 2. The molecule has 0 fully saturated rings. The summed E-state index contributed by atoms with van der Waals surface area (Å²) in [5.41, 5.74) is 0.525. The van der Waals surface area contributed by atoms with Gasteiger partial charge < -0.3 is 10.4 Å². The average molecular weight is 211 g/mol. The van der Waals surface area contributed by atoms with Gasteiger partial charge in [0, 0.05) is 6.42 Å². The summed E-state index contributed by atoms with van der Waals surface area (Å²) in [6.07, 6.45) is 0.379. The van der Waals surface area contributed by atoms with Crippen LogP contribution in [0.1, 0.15) is 5.56 Å². The number of aliphatic carboxylic acids is 1. The molecule has 1 unspecified atom stereocenters. The van der Waals surface area contributed by atoms with Gasteiger partial charge in [-0.3, -0.25) is 4.79 Å². The highest BCUT2D eigenvalue weighted by atomic mass is 19.1. The van der Waals surface area contributed by atoms with E-state index in [0.717, 1.165) is 0 Å². The molecule has 0 aromatic heterocycles. The van der Waals surface area contributed by atoms with Gasteiger partial charge in [0.15, 0.2) is 0 Å². The van der Waals surface area contributed by atoms with Crippen molar-refractivity contribution < 1.29 is 19.1 Å². The largest absolute Gasteiger partial charge is 0.480 e. The van der Waals surface area contributed by atoms with Crippen molar-refractivity contribution in [2.24, 2.45) is 0 Å². The number of amides is 1. The van der Waals surface area contributed by atoms with Crippen molar-refractivity contribution in [3.8, 4) is 0 Å². The van der Waals surface area contributed by atoms with Crippen LogP contribution < -0.4 is 5.32 Å². The molecule has 0 aliphatic heterocycles. The number of carboxylic acid groups (broad SMARTS) is 1. The van der Waals surface area contributed by atoms with E-state index in [0.29, 0.717) is 12.0 Å². The van der Waals surface area contributed by atoms with E-state index in [-0.39, 0.29) is 6.42 Å². The van der Waals surface area contributed by atoms with Crippen molar-refractivity contribution in [1.82, 2.24) is 5.32 Å². The molecular weight excluding hydrogens is 201 g/mol. The fraction of sp³-hybridized carbons (Fsp3) is 0.200. The molecule has 0 heterocycles. The van der Waals surface area contributed by atoms with E-state index in [9.17, 15) is 14.0 Å². The molecular formula is C10H10FNO3. The number of benzene rings is 1. The smallest absolute Gasteiger partial charge is 0.326 e. The van der Waals surface area contributed by atoms with E-state index >= 15 is 0 Å². The first-order valence-corrected chi connectivity index (χ1v) is 4.30. The highest BCUT2D eigenvalue weighted by molar-refractivity contribution is 5.76. The predicted octanol–water partition coefficient (Wildman–Crippen LogP) is 0.567. The zero-order valence-electron chi connectivity index (χ0n) is 7.81. The van der Waals surface area contributed by atoms with Crippen LogP contribution in [0.3, 0.4) is 0 Å². The van der Waals surface area contributed by atoms with E-state index in [2.05, 4.69) is 5.32 Å². The number of rotatable bonds is 5. The Balaban J connectivity index is 2.73. The van der Waals surface area contributed by atoms with Gasteiger partial charge in [0.05, 0.1) is 0 Å². The van der Waals surface area contributed by atoms with Gasteiger partial charge in [0.1, 0.15) is 11.9 Å². The second-order valence-electron chi connectivity index (χ2n) is 3.01. The van der Waals surface area contributed by atoms with Gasteiger partial charge in [-0.05, 0) is 17.7 Å². The molecule has 2 N–H and O–H groups in total. The summed E-state index contributed by atoms with van der Waals surface area (Å²) in [5, 5.41) is 10.9. The standard InChI is InChI=1S/C10H10FNO3/c11-8-3-1-2-7(4-8)5-9(10(14)15)12-6-13/h1-4,6,9H,5H2,(H,12,13)(H,14,15). The van der Waals surface area contributed by atoms with Crippen LogP contribution in [-0.2, 0) is 16.0 Å². The molecule has 1 rings (SSSR count). The molecule has 80 valence electrons. The lowest BCUT2D eigenvalue weighted by molar-refractivity contribution is -0.140. The van der Waals surface area contributed by atoms with Crippen molar-refractivity contribution in [2.75, 3.05) is 0 Å². The summed E-state index contributed by atoms with van der Waals surface area (Å²) in [5.74, 6) is -1.57. The lowest BCUT2D eigenvalue weighted by Crippen LogP contribution is -2.37. The lowest BCUT2D eigenvalue weighted by Gasteiger charge is -2.10. The minimum Gasteiger partial charge on any atom is -0.480 e. The summed E-state index contributed by atoms with van der Waals surface area (Å²) in [6, 6.07) is 4.58. The maximum Gasteiger partial charge on any atom is 0.326 e. The predicted molar refractivity (Wildman–Crippen MR) is 50.7 cm³/mol. The maximum atomic E-state index is 12.8. The fourth-order valence-corrected chi connectivity index (χ4v) is 1.20. The summed E-state index contributed by atoms with van der Waals surface area (Å²) in [4.78, 5) is 20.8. The molecule has 15 heavy (non-hydrogen) atoms. The lowest BCUT2D eigenvalue weighted by atomic mass is 10.1. The molecule has 0 bridgehead atoms. The van der Waals surface area contributed by atoms with Crippen molar-refractivity contribution in [1.29, 1.82) is 0 Å². The van der Waals surface area contributed by atoms with Gasteiger partial charge in [-0.2, -0.15) is 0 Å². The Labute approximate surface area is 85.7 Å². The number of carbonyl (C=O) groups excluding carboxylic acids is 1. The first-order valence-electron chi connectivity index (χ1n) is 4.30. The Morgan fingerprint density at radius 2 is 2.33 bits per heavy atom. The molecule has 0 aliphatic carbocycles. The van der Waals surface area contributed by atoms with Gasteiger partial charge in [-0.15, -0.1) is 0 Å². The van der Waals surface area contributed by atoms with Crippen LogP contribution >= 0.6 is 0 Å². The molecule has 0 spiro atoms.